The van der Waals surface area contributed by atoms with Crippen molar-refractivity contribution in [3.63, 3.8) is 0 Å². The number of halogens is 2. The molecule has 0 spiro atoms. The van der Waals surface area contributed by atoms with Gasteiger partial charge < -0.3 is 15.1 Å². The third-order valence-electron chi connectivity index (χ3n) is 4.85. The van der Waals surface area contributed by atoms with Crippen molar-refractivity contribution < 1.29 is 14.0 Å². The Morgan fingerprint density at radius 3 is 2.40 bits per heavy atom. The summed E-state index contributed by atoms with van der Waals surface area (Å²) in [5.74, 6) is -0.276. The fourth-order valence-electron chi connectivity index (χ4n) is 3.38. The van der Waals surface area contributed by atoms with Crippen LogP contribution in [0.5, 0.6) is 0 Å². The molecular formula is C18H25ClFN3O2. The van der Waals surface area contributed by atoms with E-state index in [1.54, 1.807) is 23.1 Å². The Morgan fingerprint density at radius 1 is 1.08 bits per heavy atom. The second kappa shape index (κ2) is 9.15. The van der Waals surface area contributed by atoms with Gasteiger partial charge in [-0.25, -0.2) is 4.39 Å². The molecule has 138 valence electrons. The highest BCUT2D eigenvalue weighted by Crippen LogP contribution is 2.13. The molecule has 5 nitrogen and oxygen atoms in total. The van der Waals surface area contributed by atoms with Crippen molar-refractivity contribution in [3.8, 4) is 0 Å². The largest absolute Gasteiger partial charge is 0.339 e. The van der Waals surface area contributed by atoms with Crippen LogP contribution in [0.2, 0.25) is 0 Å². The maximum absolute atomic E-state index is 13.7. The summed E-state index contributed by atoms with van der Waals surface area (Å²) in [6.07, 6.45) is 3.18. The third-order valence-corrected chi connectivity index (χ3v) is 4.85. The Bertz CT molecular complexity index is 600. The van der Waals surface area contributed by atoms with Crippen molar-refractivity contribution in [2.45, 2.75) is 31.7 Å². The van der Waals surface area contributed by atoms with Gasteiger partial charge in [0.15, 0.2) is 0 Å². The minimum Gasteiger partial charge on any atom is -0.339 e. The van der Waals surface area contributed by atoms with E-state index in [0.29, 0.717) is 31.7 Å². The molecule has 0 aromatic heterocycles. The Hall–Kier alpha value is -1.66. The molecule has 0 bridgehead atoms. The van der Waals surface area contributed by atoms with E-state index < -0.39 is 0 Å². The van der Waals surface area contributed by atoms with E-state index in [0.717, 1.165) is 25.8 Å². The molecule has 25 heavy (non-hydrogen) atoms. The van der Waals surface area contributed by atoms with Gasteiger partial charge in [-0.3, -0.25) is 9.59 Å². The average Bonchev–Trinajstić information content (AvgIpc) is 2.64. The van der Waals surface area contributed by atoms with Crippen molar-refractivity contribution in [3.05, 3.63) is 35.6 Å². The van der Waals surface area contributed by atoms with Crippen LogP contribution in [0.15, 0.2) is 24.3 Å². The van der Waals surface area contributed by atoms with Crippen LogP contribution in [-0.2, 0) is 16.0 Å². The summed E-state index contributed by atoms with van der Waals surface area (Å²) in [7, 11) is 0. The van der Waals surface area contributed by atoms with Crippen LogP contribution in [0.25, 0.3) is 0 Å². The summed E-state index contributed by atoms with van der Waals surface area (Å²) in [4.78, 5) is 28.4. The molecule has 0 saturated carbocycles. The molecule has 2 aliphatic rings. The van der Waals surface area contributed by atoms with Crippen LogP contribution in [0, 0.1) is 5.82 Å². The first-order valence-electron chi connectivity index (χ1n) is 8.68. The zero-order chi connectivity index (χ0) is 16.9. The predicted molar refractivity (Wildman–Crippen MR) is 96.2 cm³/mol. The second-order valence-corrected chi connectivity index (χ2v) is 6.48. The van der Waals surface area contributed by atoms with Gasteiger partial charge in [0.2, 0.25) is 11.8 Å². The maximum atomic E-state index is 13.7. The standard InChI is InChI=1S/C18H24FN3O2.ClH/c19-15-6-2-1-5-14(15)13-17(23)21-9-11-22(12-10-21)18(24)16-7-3-4-8-20-16;/h1-2,5-6,16,20H,3-4,7-13H2;1H. The molecule has 2 heterocycles. The number of carbonyl (C=O) groups is 2. The van der Waals surface area contributed by atoms with Crippen molar-refractivity contribution in [1.82, 2.24) is 15.1 Å². The van der Waals surface area contributed by atoms with Crippen molar-refractivity contribution >= 4 is 24.2 Å². The van der Waals surface area contributed by atoms with Gasteiger partial charge in [-0.2, -0.15) is 0 Å². The first-order valence-corrected chi connectivity index (χ1v) is 8.68. The molecule has 2 amide bonds. The fraction of sp³-hybridized carbons (Fsp3) is 0.556. The molecule has 2 aliphatic heterocycles. The normalized spacial score (nSPS) is 20.8. The van der Waals surface area contributed by atoms with E-state index in [4.69, 9.17) is 0 Å². The Labute approximate surface area is 154 Å². The van der Waals surface area contributed by atoms with Crippen molar-refractivity contribution in [2.75, 3.05) is 32.7 Å². The lowest BCUT2D eigenvalue weighted by atomic mass is 10.0. The lowest BCUT2D eigenvalue weighted by Crippen LogP contribution is -2.56. The van der Waals surface area contributed by atoms with E-state index in [-0.39, 0.29) is 42.5 Å². The number of nitrogens with zero attached hydrogens (tertiary/aromatic N) is 2. The fourth-order valence-corrected chi connectivity index (χ4v) is 3.38. The molecule has 3 rings (SSSR count). The minimum absolute atomic E-state index is 0. The number of piperazine rings is 1. The first kappa shape index (κ1) is 19.7. The first-order chi connectivity index (χ1) is 11.6. The van der Waals surface area contributed by atoms with Crippen LogP contribution in [-0.4, -0.2) is 60.4 Å². The maximum Gasteiger partial charge on any atom is 0.239 e. The molecular weight excluding hydrogens is 345 g/mol. The lowest BCUT2D eigenvalue weighted by molar-refractivity contribution is -0.140. The van der Waals surface area contributed by atoms with Crippen LogP contribution >= 0.6 is 12.4 Å². The molecule has 1 atom stereocenters. The summed E-state index contributed by atoms with van der Waals surface area (Å²) >= 11 is 0. The van der Waals surface area contributed by atoms with E-state index in [9.17, 15) is 14.0 Å². The van der Waals surface area contributed by atoms with Crippen LogP contribution in [0.3, 0.4) is 0 Å². The second-order valence-electron chi connectivity index (χ2n) is 6.48. The van der Waals surface area contributed by atoms with Crippen LogP contribution < -0.4 is 5.32 Å². The third kappa shape index (κ3) is 4.92. The lowest BCUT2D eigenvalue weighted by Gasteiger charge is -2.37. The number of rotatable bonds is 3. The zero-order valence-electron chi connectivity index (χ0n) is 14.2. The Morgan fingerprint density at radius 2 is 1.76 bits per heavy atom. The van der Waals surface area contributed by atoms with Gasteiger partial charge in [-0.1, -0.05) is 24.6 Å². The van der Waals surface area contributed by atoms with E-state index >= 15 is 0 Å². The summed E-state index contributed by atoms with van der Waals surface area (Å²) in [5, 5.41) is 3.28. The van der Waals surface area contributed by atoms with Gasteiger partial charge in [0.1, 0.15) is 5.82 Å². The molecule has 2 saturated heterocycles. The molecule has 1 aromatic carbocycles. The van der Waals surface area contributed by atoms with Gasteiger partial charge in [0.25, 0.3) is 0 Å². The van der Waals surface area contributed by atoms with Gasteiger partial charge in [0.05, 0.1) is 12.5 Å². The van der Waals surface area contributed by atoms with Crippen LogP contribution in [0.4, 0.5) is 4.39 Å². The topological polar surface area (TPSA) is 52.7 Å². The monoisotopic (exact) mass is 369 g/mol. The number of piperidine rings is 1. The summed E-state index contributed by atoms with van der Waals surface area (Å²) in [6, 6.07) is 6.30. The predicted octanol–water partition coefficient (Wildman–Crippen LogP) is 1.60. The molecule has 0 aliphatic carbocycles. The van der Waals surface area contributed by atoms with Gasteiger partial charge in [0, 0.05) is 26.2 Å². The Balaban J connectivity index is 0.00000225. The summed E-state index contributed by atoms with van der Waals surface area (Å²) in [5.41, 5.74) is 0.424. The molecule has 2 fully saturated rings. The molecule has 1 aromatic rings. The average molecular weight is 370 g/mol. The Kier molecular flexibility index (Phi) is 7.20. The van der Waals surface area contributed by atoms with Gasteiger partial charge >= 0.3 is 0 Å². The highest BCUT2D eigenvalue weighted by Gasteiger charge is 2.29. The number of amides is 2. The summed E-state index contributed by atoms with van der Waals surface area (Å²) in [6.45, 7) is 3.05. The number of carbonyl (C=O) groups excluding carboxylic acids is 2. The number of benzene rings is 1. The van der Waals surface area contributed by atoms with E-state index in [1.165, 1.54) is 6.07 Å². The van der Waals surface area contributed by atoms with E-state index in [1.807, 2.05) is 4.90 Å². The van der Waals surface area contributed by atoms with Crippen LogP contribution in [0.1, 0.15) is 24.8 Å². The molecule has 1 unspecified atom stereocenters. The molecule has 7 heteroatoms. The SMILES string of the molecule is Cl.O=C(Cc1ccccc1F)N1CCN(C(=O)C2CCCCN2)CC1. The quantitative estimate of drug-likeness (QED) is 0.880. The number of hydrogen-bond acceptors (Lipinski definition) is 3. The number of nitrogens with one attached hydrogen (secondary N) is 1. The molecule has 1 N–H and O–H groups in total. The van der Waals surface area contributed by atoms with E-state index in [2.05, 4.69) is 5.32 Å². The highest BCUT2D eigenvalue weighted by molar-refractivity contribution is 5.85. The summed E-state index contributed by atoms with van der Waals surface area (Å²) < 4.78 is 13.7. The van der Waals surface area contributed by atoms with Crippen molar-refractivity contribution in [2.24, 2.45) is 0 Å². The number of hydrogen-bond donors (Lipinski definition) is 1. The van der Waals surface area contributed by atoms with Gasteiger partial charge in [-0.15, -0.1) is 12.4 Å². The highest BCUT2D eigenvalue weighted by atomic mass is 35.5. The zero-order valence-corrected chi connectivity index (χ0v) is 15.1. The minimum atomic E-state index is -0.344. The molecule has 0 radical (unpaired) electrons. The van der Waals surface area contributed by atoms with Crippen molar-refractivity contribution in [1.29, 1.82) is 0 Å². The smallest absolute Gasteiger partial charge is 0.239 e. The van der Waals surface area contributed by atoms with Gasteiger partial charge in [-0.05, 0) is 31.0 Å².